The molecule has 1 atom stereocenters. The Morgan fingerprint density at radius 3 is 2.60 bits per heavy atom. The summed E-state index contributed by atoms with van der Waals surface area (Å²) in [6.45, 7) is 2.12. The zero-order valence-corrected chi connectivity index (χ0v) is 24.0. The number of ether oxygens (including phenoxy) is 1. The Hall–Kier alpha value is -3.90. The van der Waals surface area contributed by atoms with Crippen molar-refractivity contribution < 1.29 is 28.8 Å². The summed E-state index contributed by atoms with van der Waals surface area (Å²) >= 11 is 2.75. The van der Waals surface area contributed by atoms with E-state index in [-0.39, 0.29) is 24.8 Å². The van der Waals surface area contributed by atoms with Gasteiger partial charge < -0.3 is 20.5 Å². The summed E-state index contributed by atoms with van der Waals surface area (Å²) in [4.78, 5) is 43.1. The van der Waals surface area contributed by atoms with Crippen LogP contribution in [0, 0.1) is 6.92 Å². The summed E-state index contributed by atoms with van der Waals surface area (Å²) in [7, 11) is 1.93. The van der Waals surface area contributed by atoms with Crippen LogP contribution in [0.5, 0.6) is 5.75 Å². The van der Waals surface area contributed by atoms with E-state index in [0.29, 0.717) is 9.88 Å². The molecular formula is C28H32N5O5S2+. The van der Waals surface area contributed by atoms with Crippen LogP contribution in [0.2, 0.25) is 0 Å². The predicted molar refractivity (Wildman–Crippen MR) is 153 cm³/mol. The smallest absolute Gasteiger partial charge is 0.348 e. The van der Waals surface area contributed by atoms with Gasteiger partial charge in [0.05, 0.1) is 18.6 Å². The second kappa shape index (κ2) is 11.7. The van der Waals surface area contributed by atoms with E-state index in [1.54, 1.807) is 35.6 Å². The summed E-state index contributed by atoms with van der Waals surface area (Å²) in [5, 5.41) is 13.0. The number of urea groups is 1. The number of carbonyl (C=O) groups excluding carboxylic acids is 3. The number of esters is 1. The molecule has 4 N–H and O–H groups in total. The first-order chi connectivity index (χ1) is 19.2. The molecule has 0 radical (unpaired) electrons. The van der Waals surface area contributed by atoms with Crippen LogP contribution in [-0.4, -0.2) is 44.5 Å². The van der Waals surface area contributed by atoms with E-state index in [9.17, 15) is 19.5 Å². The number of imidazole rings is 1. The summed E-state index contributed by atoms with van der Waals surface area (Å²) < 4.78 is 9.57. The van der Waals surface area contributed by atoms with E-state index in [0.717, 1.165) is 58.1 Å². The molecular weight excluding hydrogens is 550 g/mol. The van der Waals surface area contributed by atoms with Gasteiger partial charge in [-0.05, 0) is 62.4 Å². The number of phenolic OH excluding ortho intramolecular Hbond substituents is 1. The fourth-order valence-electron chi connectivity index (χ4n) is 4.99. The minimum absolute atomic E-state index is 0.0553. The number of nitrogens with one attached hydrogen (secondary N) is 1. The van der Waals surface area contributed by atoms with Crippen molar-refractivity contribution in [2.75, 3.05) is 5.32 Å². The maximum Gasteiger partial charge on any atom is 0.348 e. The standard InChI is InChI=1S/C28H31N5O5S2/c1-17-14-32-19(15-31(2)28(32)39-17)16-33(22(25(29)35)13-18-7-9-20(34)10-8-18)27(37)30-24-12-11-23(40-24)26(36)38-21-5-3-4-6-21/h7-12,14-15,21-22H,3-6,13,16H2,1-2H3,(H3-,29,30,34,35,36,37)/p+1/t22-/m0/s1. The number of rotatable bonds is 9. The van der Waals surface area contributed by atoms with Crippen LogP contribution in [-0.2, 0) is 29.5 Å². The fourth-order valence-corrected chi connectivity index (χ4v) is 6.68. The van der Waals surface area contributed by atoms with Crippen LogP contribution < -0.4 is 15.6 Å². The minimum Gasteiger partial charge on any atom is -0.508 e. The lowest BCUT2D eigenvalue weighted by Gasteiger charge is -2.29. The van der Waals surface area contributed by atoms with Crippen LogP contribution >= 0.6 is 22.7 Å². The molecule has 1 aliphatic carbocycles. The fraction of sp³-hybridized carbons (Fsp3) is 0.357. The Bertz CT molecular complexity index is 1530. The van der Waals surface area contributed by atoms with E-state index >= 15 is 0 Å². The number of benzene rings is 1. The summed E-state index contributed by atoms with van der Waals surface area (Å²) in [6.07, 6.45) is 7.89. The molecule has 40 heavy (non-hydrogen) atoms. The molecule has 210 valence electrons. The Balaban J connectivity index is 1.41. The number of hydrogen-bond donors (Lipinski definition) is 3. The highest BCUT2D eigenvalue weighted by atomic mass is 32.1. The van der Waals surface area contributed by atoms with Crippen LogP contribution in [0.25, 0.3) is 4.96 Å². The Morgan fingerprint density at radius 2 is 1.90 bits per heavy atom. The Morgan fingerprint density at radius 1 is 1.18 bits per heavy atom. The molecule has 10 nitrogen and oxygen atoms in total. The highest BCUT2D eigenvalue weighted by Crippen LogP contribution is 2.27. The first-order valence-corrected chi connectivity index (χ1v) is 14.7. The van der Waals surface area contributed by atoms with Crippen molar-refractivity contribution >= 4 is 50.5 Å². The molecule has 1 aromatic carbocycles. The van der Waals surface area contributed by atoms with Gasteiger partial charge >= 0.3 is 17.0 Å². The normalized spacial score (nSPS) is 14.3. The maximum absolute atomic E-state index is 13.8. The Labute approximate surface area is 239 Å². The van der Waals surface area contributed by atoms with Crippen molar-refractivity contribution in [1.82, 2.24) is 9.30 Å². The number of hydrogen-bond acceptors (Lipinski definition) is 7. The predicted octanol–water partition coefficient (Wildman–Crippen LogP) is 4.13. The first-order valence-electron chi connectivity index (χ1n) is 13.1. The van der Waals surface area contributed by atoms with Gasteiger partial charge in [-0.1, -0.05) is 23.5 Å². The van der Waals surface area contributed by atoms with Crippen LogP contribution in [0.15, 0.2) is 48.8 Å². The highest BCUT2D eigenvalue weighted by molar-refractivity contribution is 7.18. The molecule has 0 unspecified atom stereocenters. The topological polar surface area (TPSA) is 130 Å². The first kappa shape index (κ1) is 27.7. The number of primary amides is 1. The zero-order valence-electron chi connectivity index (χ0n) is 22.3. The van der Waals surface area contributed by atoms with Gasteiger partial charge in [0.1, 0.15) is 35.2 Å². The monoisotopic (exact) mass is 582 g/mol. The van der Waals surface area contributed by atoms with Gasteiger partial charge in [0.2, 0.25) is 5.91 Å². The molecule has 3 amide bonds. The number of phenols is 1. The van der Waals surface area contributed by atoms with Crippen LogP contribution in [0.4, 0.5) is 9.80 Å². The summed E-state index contributed by atoms with van der Waals surface area (Å²) in [6, 6.07) is 8.23. The molecule has 1 fully saturated rings. The molecule has 5 rings (SSSR count). The van der Waals surface area contributed by atoms with E-state index in [1.165, 1.54) is 17.0 Å². The largest absolute Gasteiger partial charge is 0.508 e. The van der Waals surface area contributed by atoms with E-state index in [4.69, 9.17) is 10.5 Å². The van der Waals surface area contributed by atoms with Crippen molar-refractivity contribution in [2.24, 2.45) is 12.8 Å². The third-order valence-corrected chi connectivity index (χ3v) is 9.07. The van der Waals surface area contributed by atoms with E-state index in [1.807, 2.05) is 35.3 Å². The molecule has 1 saturated carbocycles. The summed E-state index contributed by atoms with van der Waals surface area (Å²) in [5.41, 5.74) is 7.41. The second-order valence-electron chi connectivity index (χ2n) is 10.0. The lowest BCUT2D eigenvalue weighted by molar-refractivity contribution is -0.642. The van der Waals surface area contributed by atoms with Crippen molar-refractivity contribution in [3.05, 3.63) is 69.8 Å². The van der Waals surface area contributed by atoms with E-state index < -0.39 is 23.9 Å². The lowest BCUT2D eigenvalue weighted by atomic mass is 10.0. The van der Waals surface area contributed by atoms with Gasteiger partial charge in [0, 0.05) is 11.3 Å². The molecule has 0 aliphatic heterocycles. The van der Waals surface area contributed by atoms with Gasteiger partial charge in [0.15, 0.2) is 5.69 Å². The summed E-state index contributed by atoms with van der Waals surface area (Å²) in [5.74, 6) is -0.953. The number of thiazole rings is 1. The van der Waals surface area contributed by atoms with Gasteiger partial charge in [0.25, 0.3) is 0 Å². The average Bonchev–Trinajstić information content (AvgIpc) is 3.70. The van der Waals surface area contributed by atoms with Crippen LogP contribution in [0.3, 0.4) is 0 Å². The van der Waals surface area contributed by atoms with Gasteiger partial charge in [-0.2, -0.15) is 4.40 Å². The second-order valence-corrected chi connectivity index (χ2v) is 12.3. The molecule has 0 saturated heterocycles. The molecule has 0 spiro atoms. The number of fused-ring (bicyclic) bond motifs is 1. The molecule has 3 heterocycles. The van der Waals surface area contributed by atoms with Crippen molar-refractivity contribution in [3.63, 3.8) is 0 Å². The van der Waals surface area contributed by atoms with Crippen molar-refractivity contribution in [1.29, 1.82) is 0 Å². The number of nitrogens with two attached hydrogens (primary N) is 1. The number of aryl methyl sites for hydroxylation is 2. The average molecular weight is 583 g/mol. The molecule has 3 aromatic heterocycles. The van der Waals surface area contributed by atoms with Crippen LogP contribution in [0.1, 0.15) is 51.5 Å². The van der Waals surface area contributed by atoms with Gasteiger partial charge in [-0.25, -0.2) is 14.2 Å². The quantitative estimate of drug-likeness (QED) is 0.202. The number of aromatic hydroxyl groups is 1. The molecule has 4 aromatic rings. The number of carbonyl (C=O) groups is 3. The SMILES string of the molecule is Cc1cn2c(CN(C(=O)Nc3ccc(C(=O)OC4CCCC4)s3)[C@@H](Cc3ccc(O)cc3)C(N)=O)c[n+](C)c2s1. The molecule has 1 aliphatic rings. The molecule has 12 heteroatoms. The number of anilines is 1. The van der Waals surface area contributed by atoms with Crippen molar-refractivity contribution in [3.8, 4) is 5.75 Å². The lowest BCUT2D eigenvalue weighted by Crippen LogP contribution is -2.50. The number of thiophene rings is 1. The third kappa shape index (κ3) is 6.13. The zero-order chi connectivity index (χ0) is 28.4. The van der Waals surface area contributed by atoms with Crippen molar-refractivity contribution in [2.45, 2.75) is 57.7 Å². The van der Waals surface area contributed by atoms with E-state index in [2.05, 4.69) is 5.32 Å². The maximum atomic E-state index is 13.8. The third-order valence-electron chi connectivity index (χ3n) is 7.00. The minimum atomic E-state index is -0.980. The highest BCUT2D eigenvalue weighted by Gasteiger charge is 2.32. The number of amides is 3. The molecule has 0 bridgehead atoms. The Kier molecular flexibility index (Phi) is 8.08. The number of nitrogens with zero attached hydrogens (tertiary/aromatic N) is 3. The van der Waals surface area contributed by atoms with Gasteiger partial charge in [-0.3, -0.25) is 10.1 Å². The van der Waals surface area contributed by atoms with Gasteiger partial charge in [-0.15, -0.1) is 11.3 Å². The number of aromatic nitrogens is 2.